The molecule has 1 fully saturated rings. The van der Waals surface area contributed by atoms with Crippen LogP contribution in [0.1, 0.15) is 27.7 Å². The molecule has 1 aliphatic heterocycles. The molecule has 0 bridgehead atoms. The maximum atomic E-state index is 5.93. The van der Waals surface area contributed by atoms with Gasteiger partial charge in [0.1, 0.15) is 11.2 Å². The summed E-state index contributed by atoms with van der Waals surface area (Å²) >= 11 is 0. The summed E-state index contributed by atoms with van der Waals surface area (Å²) in [4.78, 5) is 16.2. The Labute approximate surface area is 125 Å². The molecule has 1 saturated heterocycles. The molecule has 4 heteroatoms. The molecule has 0 spiro atoms. The van der Waals surface area contributed by atoms with Gasteiger partial charge in [-0.05, 0) is 52.0 Å². The van der Waals surface area contributed by atoms with E-state index in [-0.39, 0.29) is 0 Å². The monoisotopic (exact) mass is 284 g/mol. The lowest BCUT2D eigenvalue weighted by atomic mass is 9.90. The molecule has 0 N–H and O–H groups in total. The van der Waals surface area contributed by atoms with E-state index in [4.69, 9.17) is 9.68 Å². The normalized spacial score (nSPS) is 19.7. The minimum Gasteiger partial charge on any atom is -0.256 e. The third-order valence-electron chi connectivity index (χ3n) is 4.09. The number of nitrogens with zero attached hydrogens (tertiary/aromatic N) is 2. The van der Waals surface area contributed by atoms with Crippen LogP contribution >= 0.6 is 0 Å². The summed E-state index contributed by atoms with van der Waals surface area (Å²) in [6.07, 6.45) is 1.79. The zero-order chi connectivity index (χ0) is 15.1. The number of pyridine rings is 1. The molecule has 0 saturated carbocycles. The number of hydrogen-bond donors (Lipinski definition) is 0. The van der Waals surface area contributed by atoms with Crippen molar-refractivity contribution >= 4 is 5.69 Å². The van der Waals surface area contributed by atoms with Gasteiger partial charge in [-0.25, -0.2) is 9.68 Å². The third-order valence-corrected chi connectivity index (χ3v) is 4.09. The minimum atomic E-state index is -0.395. The Bertz CT molecular complexity index is 622. The van der Waals surface area contributed by atoms with Gasteiger partial charge in [0.05, 0.1) is 11.4 Å². The lowest BCUT2D eigenvalue weighted by molar-refractivity contribution is -0.0272. The molecule has 0 amide bonds. The van der Waals surface area contributed by atoms with Crippen LogP contribution in [0.25, 0.3) is 11.3 Å². The topological polar surface area (TPSA) is 34.6 Å². The van der Waals surface area contributed by atoms with Gasteiger partial charge in [0, 0.05) is 11.8 Å². The van der Waals surface area contributed by atoms with Gasteiger partial charge in [0.15, 0.2) is 0 Å². The quantitative estimate of drug-likeness (QED) is 0.835. The van der Waals surface area contributed by atoms with E-state index >= 15 is 0 Å². The molecule has 3 rings (SSSR count). The van der Waals surface area contributed by atoms with Crippen LogP contribution in [0.3, 0.4) is 0 Å². The first-order valence-corrected chi connectivity index (χ1v) is 7.09. The predicted octanol–water partition coefficient (Wildman–Crippen LogP) is 3.99. The van der Waals surface area contributed by atoms with E-state index in [1.807, 2.05) is 70.2 Å². The smallest absolute Gasteiger partial charge is 0.124 e. The van der Waals surface area contributed by atoms with Crippen molar-refractivity contribution in [3.63, 3.8) is 0 Å². The van der Waals surface area contributed by atoms with Gasteiger partial charge in [0.2, 0.25) is 0 Å². The predicted molar refractivity (Wildman–Crippen MR) is 82.5 cm³/mol. The summed E-state index contributed by atoms with van der Waals surface area (Å²) < 4.78 is 0. The Morgan fingerprint density at radius 3 is 2.24 bits per heavy atom. The van der Waals surface area contributed by atoms with Crippen LogP contribution in [0, 0.1) is 0 Å². The number of benzene rings is 1. The highest BCUT2D eigenvalue weighted by molar-refractivity contribution is 5.64. The second-order valence-corrected chi connectivity index (χ2v) is 6.23. The van der Waals surface area contributed by atoms with Crippen LogP contribution in [-0.2, 0) is 9.68 Å². The van der Waals surface area contributed by atoms with Gasteiger partial charge < -0.3 is 0 Å². The van der Waals surface area contributed by atoms with Crippen LogP contribution < -0.4 is 5.23 Å². The largest absolute Gasteiger partial charge is 0.256 e. The fraction of sp³-hybridized carbons (Fsp3) is 0.353. The van der Waals surface area contributed by atoms with Crippen LogP contribution in [0.5, 0.6) is 0 Å². The lowest BCUT2D eigenvalue weighted by Crippen LogP contribution is -2.41. The molecule has 0 atom stereocenters. The highest BCUT2D eigenvalue weighted by Gasteiger charge is 2.50. The standard InChI is InChI=1S/C17H20N2O2/c1-16(2)17(3,4)21-19(20-16)14-9-7-8-13(12-14)15-10-5-6-11-18-15/h5-12H,1-4H3. The van der Waals surface area contributed by atoms with Crippen LogP contribution in [0.2, 0.25) is 0 Å². The Kier molecular flexibility index (Phi) is 3.23. The van der Waals surface area contributed by atoms with Crippen molar-refractivity contribution in [2.75, 3.05) is 5.23 Å². The zero-order valence-electron chi connectivity index (χ0n) is 12.8. The maximum absolute atomic E-state index is 5.93. The van der Waals surface area contributed by atoms with Gasteiger partial charge >= 0.3 is 0 Å². The van der Waals surface area contributed by atoms with Gasteiger partial charge in [0.25, 0.3) is 0 Å². The molecular weight excluding hydrogens is 264 g/mol. The van der Waals surface area contributed by atoms with Crippen molar-refractivity contribution < 1.29 is 9.68 Å². The summed E-state index contributed by atoms with van der Waals surface area (Å²) in [5.41, 5.74) is 2.03. The Morgan fingerprint density at radius 2 is 1.62 bits per heavy atom. The molecule has 1 aromatic carbocycles. The Balaban J connectivity index is 1.92. The van der Waals surface area contributed by atoms with Crippen molar-refractivity contribution in [2.45, 2.75) is 38.9 Å². The van der Waals surface area contributed by atoms with Gasteiger partial charge in [-0.1, -0.05) is 18.2 Å². The van der Waals surface area contributed by atoms with E-state index < -0.39 is 11.2 Å². The van der Waals surface area contributed by atoms with Gasteiger partial charge in [-0.15, -0.1) is 5.23 Å². The molecule has 0 aliphatic carbocycles. The van der Waals surface area contributed by atoms with E-state index in [2.05, 4.69) is 4.98 Å². The van der Waals surface area contributed by atoms with Gasteiger partial charge in [-0.2, -0.15) is 0 Å². The highest BCUT2D eigenvalue weighted by Crippen LogP contribution is 2.40. The number of rotatable bonds is 2. The van der Waals surface area contributed by atoms with E-state index in [1.54, 1.807) is 6.20 Å². The third kappa shape index (κ3) is 2.52. The van der Waals surface area contributed by atoms with E-state index in [0.29, 0.717) is 0 Å². The number of aromatic nitrogens is 1. The molecule has 2 aromatic rings. The second-order valence-electron chi connectivity index (χ2n) is 6.23. The first-order chi connectivity index (χ1) is 9.89. The molecule has 110 valence electrons. The van der Waals surface area contributed by atoms with E-state index in [0.717, 1.165) is 16.9 Å². The van der Waals surface area contributed by atoms with Crippen molar-refractivity contribution in [1.29, 1.82) is 0 Å². The summed E-state index contributed by atoms with van der Waals surface area (Å²) in [7, 11) is 0. The van der Waals surface area contributed by atoms with Crippen molar-refractivity contribution in [3.05, 3.63) is 48.7 Å². The fourth-order valence-corrected chi connectivity index (χ4v) is 2.07. The molecule has 0 radical (unpaired) electrons. The molecule has 4 nitrogen and oxygen atoms in total. The average molecular weight is 284 g/mol. The minimum absolute atomic E-state index is 0.395. The Hall–Kier alpha value is -1.91. The number of hydrogen-bond acceptors (Lipinski definition) is 4. The SMILES string of the molecule is CC1(C)ON(c2cccc(-c3ccccn3)c2)OC1(C)C. The van der Waals surface area contributed by atoms with Gasteiger partial charge in [-0.3, -0.25) is 4.98 Å². The number of anilines is 1. The van der Waals surface area contributed by atoms with E-state index in [1.165, 1.54) is 5.23 Å². The first-order valence-electron chi connectivity index (χ1n) is 7.09. The molecule has 21 heavy (non-hydrogen) atoms. The van der Waals surface area contributed by atoms with Crippen LogP contribution in [-0.4, -0.2) is 16.2 Å². The highest BCUT2D eigenvalue weighted by atomic mass is 17.0. The summed E-state index contributed by atoms with van der Waals surface area (Å²) in [6.45, 7) is 8.09. The van der Waals surface area contributed by atoms with Crippen molar-refractivity contribution in [3.8, 4) is 11.3 Å². The summed E-state index contributed by atoms with van der Waals surface area (Å²) in [5.74, 6) is 0. The maximum Gasteiger partial charge on any atom is 0.124 e. The van der Waals surface area contributed by atoms with Crippen molar-refractivity contribution in [1.82, 2.24) is 4.98 Å². The Morgan fingerprint density at radius 1 is 0.905 bits per heavy atom. The van der Waals surface area contributed by atoms with E-state index in [9.17, 15) is 0 Å². The molecule has 1 aromatic heterocycles. The molecular formula is C17H20N2O2. The second kappa shape index (κ2) is 4.83. The summed E-state index contributed by atoms with van der Waals surface area (Å²) in [5, 5.41) is 1.51. The van der Waals surface area contributed by atoms with Crippen LogP contribution in [0.15, 0.2) is 48.7 Å². The average Bonchev–Trinajstić information content (AvgIpc) is 2.69. The van der Waals surface area contributed by atoms with Crippen molar-refractivity contribution in [2.24, 2.45) is 0 Å². The summed E-state index contributed by atoms with van der Waals surface area (Å²) in [6, 6.07) is 13.8. The lowest BCUT2D eigenvalue weighted by Gasteiger charge is -2.26. The molecule has 1 aliphatic rings. The zero-order valence-corrected chi connectivity index (χ0v) is 12.8. The molecule has 2 heterocycles. The fourth-order valence-electron chi connectivity index (χ4n) is 2.07. The molecule has 0 unspecified atom stereocenters. The van der Waals surface area contributed by atoms with Crippen LogP contribution in [0.4, 0.5) is 5.69 Å². The first kappa shape index (κ1) is 14.0.